The number of hydrogen-bond donors (Lipinski definition) is 2. The summed E-state index contributed by atoms with van der Waals surface area (Å²) in [6.45, 7) is 1.01. The van der Waals surface area contributed by atoms with E-state index in [1.807, 2.05) is 0 Å². The second kappa shape index (κ2) is 7.70. The minimum Gasteiger partial charge on any atom is -0.495 e. The Hall–Kier alpha value is -1.99. The maximum absolute atomic E-state index is 12.1. The SMILES string of the molecule is COc1ccc(C(=O)NCCC2CCC2)cc1C#CCN. The Kier molecular flexibility index (Phi) is 5.65. The number of methoxy groups -OCH3 is 1. The molecular formula is C17H22N2O2. The van der Waals surface area contributed by atoms with Gasteiger partial charge in [0.2, 0.25) is 0 Å². The van der Waals surface area contributed by atoms with E-state index in [0.29, 0.717) is 16.9 Å². The van der Waals surface area contributed by atoms with Gasteiger partial charge in [0.1, 0.15) is 5.75 Å². The first-order chi connectivity index (χ1) is 10.2. The Balaban J connectivity index is 1.98. The Morgan fingerprint density at radius 1 is 1.48 bits per heavy atom. The minimum absolute atomic E-state index is 0.0622. The lowest BCUT2D eigenvalue weighted by Gasteiger charge is -2.25. The van der Waals surface area contributed by atoms with Crippen molar-refractivity contribution < 1.29 is 9.53 Å². The summed E-state index contributed by atoms with van der Waals surface area (Å²) in [6.07, 6.45) is 5.01. The number of ether oxygens (including phenoxy) is 1. The third-order valence-electron chi connectivity index (χ3n) is 3.85. The van der Waals surface area contributed by atoms with Crippen LogP contribution in [0.4, 0.5) is 0 Å². The van der Waals surface area contributed by atoms with Crippen LogP contribution >= 0.6 is 0 Å². The number of carbonyl (C=O) groups is 1. The molecule has 1 aliphatic rings. The Morgan fingerprint density at radius 3 is 2.90 bits per heavy atom. The van der Waals surface area contributed by atoms with E-state index in [1.165, 1.54) is 19.3 Å². The summed E-state index contributed by atoms with van der Waals surface area (Å²) in [4.78, 5) is 12.1. The van der Waals surface area contributed by atoms with Crippen LogP contribution in [0.25, 0.3) is 0 Å². The number of nitrogens with one attached hydrogen (secondary N) is 1. The van der Waals surface area contributed by atoms with Crippen LogP contribution in [-0.2, 0) is 0 Å². The van der Waals surface area contributed by atoms with Crippen LogP contribution in [0, 0.1) is 17.8 Å². The molecule has 0 spiro atoms. The molecule has 4 heteroatoms. The van der Waals surface area contributed by atoms with E-state index in [1.54, 1.807) is 25.3 Å². The maximum atomic E-state index is 12.1. The van der Waals surface area contributed by atoms with Crippen molar-refractivity contribution in [3.63, 3.8) is 0 Å². The summed E-state index contributed by atoms with van der Waals surface area (Å²) in [5.74, 6) is 7.11. The summed E-state index contributed by atoms with van der Waals surface area (Å²) < 4.78 is 5.24. The van der Waals surface area contributed by atoms with Gasteiger partial charge >= 0.3 is 0 Å². The van der Waals surface area contributed by atoms with Crippen molar-refractivity contribution in [1.29, 1.82) is 0 Å². The second-order valence-corrected chi connectivity index (χ2v) is 5.26. The van der Waals surface area contributed by atoms with Gasteiger partial charge in [0.25, 0.3) is 5.91 Å². The molecule has 1 aromatic carbocycles. The molecule has 21 heavy (non-hydrogen) atoms. The summed E-state index contributed by atoms with van der Waals surface area (Å²) in [5, 5.41) is 2.97. The van der Waals surface area contributed by atoms with Gasteiger partial charge in [-0.25, -0.2) is 0 Å². The van der Waals surface area contributed by atoms with E-state index < -0.39 is 0 Å². The van der Waals surface area contributed by atoms with Gasteiger partial charge in [0.05, 0.1) is 19.2 Å². The number of carbonyl (C=O) groups excluding carboxylic acids is 1. The smallest absolute Gasteiger partial charge is 0.251 e. The molecule has 0 saturated heterocycles. The maximum Gasteiger partial charge on any atom is 0.251 e. The number of hydrogen-bond acceptors (Lipinski definition) is 3. The lowest BCUT2D eigenvalue weighted by atomic mass is 9.83. The Bertz CT molecular complexity index is 554. The Labute approximate surface area is 126 Å². The third kappa shape index (κ3) is 4.24. The molecule has 1 amide bonds. The number of rotatable bonds is 5. The van der Waals surface area contributed by atoms with Crippen LogP contribution in [0.2, 0.25) is 0 Å². The molecular weight excluding hydrogens is 264 g/mol. The molecule has 0 aromatic heterocycles. The molecule has 1 fully saturated rings. The third-order valence-corrected chi connectivity index (χ3v) is 3.85. The first-order valence-electron chi connectivity index (χ1n) is 7.39. The lowest BCUT2D eigenvalue weighted by molar-refractivity contribution is 0.0949. The van der Waals surface area contributed by atoms with E-state index in [-0.39, 0.29) is 12.5 Å². The number of benzene rings is 1. The molecule has 4 nitrogen and oxygen atoms in total. The molecule has 1 aromatic rings. The first-order valence-corrected chi connectivity index (χ1v) is 7.39. The minimum atomic E-state index is -0.0622. The normalized spacial score (nSPS) is 13.8. The number of nitrogens with two attached hydrogens (primary N) is 1. The van der Waals surface area contributed by atoms with Crippen molar-refractivity contribution in [2.24, 2.45) is 11.7 Å². The molecule has 0 bridgehead atoms. The van der Waals surface area contributed by atoms with Gasteiger partial charge in [-0.3, -0.25) is 4.79 Å². The van der Waals surface area contributed by atoms with Gasteiger partial charge in [-0.15, -0.1) is 0 Å². The van der Waals surface area contributed by atoms with E-state index in [2.05, 4.69) is 17.2 Å². The highest BCUT2D eigenvalue weighted by molar-refractivity contribution is 5.94. The van der Waals surface area contributed by atoms with E-state index in [0.717, 1.165) is 18.9 Å². The fraction of sp³-hybridized carbons (Fsp3) is 0.471. The van der Waals surface area contributed by atoms with Gasteiger partial charge < -0.3 is 15.8 Å². The van der Waals surface area contributed by atoms with Crippen molar-refractivity contribution in [3.8, 4) is 17.6 Å². The molecule has 0 heterocycles. The number of amides is 1. The average molecular weight is 286 g/mol. The van der Waals surface area contributed by atoms with Crippen LogP contribution in [0.5, 0.6) is 5.75 Å². The topological polar surface area (TPSA) is 64.3 Å². The van der Waals surface area contributed by atoms with Gasteiger partial charge in [-0.05, 0) is 30.5 Å². The monoisotopic (exact) mass is 286 g/mol. The average Bonchev–Trinajstić information content (AvgIpc) is 2.47. The van der Waals surface area contributed by atoms with Crippen LogP contribution in [0.15, 0.2) is 18.2 Å². The predicted molar refractivity (Wildman–Crippen MR) is 83.2 cm³/mol. The van der Waals surface area contributed by atoms with E-state index in [9.17, 15) is 4.79 Å². The molecule has 3 N–H and O–H groups in total. The fourth-order valence-electron chi connectivity index (χ4n) is 2.37. The van der Waals surface area contributed by atoms with Crippen molar-refractivity contribution >= 4 is 5.91 Å². The summed E-state index contributed by atoms with van der Waals surface area (Å²) in [5.41, 5.74) is 6.68. The van der Waals surface area contributed by atoms with E-state index in [4.69, 9.17) is 10.5 Å². The molecule has 1 aliphatic carbocycles. The van der Waals surface area contributed by atoms with Crippen molar-refractivity contribution in [1.82, 2.24) is 5.32 Å². The highest BCUT2D eigenvalue weighted by atomic mass is 16.5. The van der Waals surface area contributed by atoms with Crippen molar-refractivity contribution in [2.45, 2.75) is 25.7 Å². The van der Waals surface area contributed by atoms with Crippen molar-refractivity contribution in [3.05, 3.63) is 29.3 Å². The summed E-state index contributed by atoms with van der Waals surface area (Å²) >= 11 is 0. The van der Waals surface area contributed by atoms with Crippen LogP contribution in [0.1, 0.15) is 41.6 Å². The summed E-state index contributed by atoms with van der Waals surface area (Å²) in [6, 6.07) is 5.27. The first kappa shape index (κ1) is 15.4. The predicted octanol–water partition coefficient (Wildman–Crippen LogP) is 1.93. The molecule has 2 rings (SSSR count). The molecule has 112 valence electrons. The van der Waals surface area contributed by atoms with Crippen molar-refractivity contribution in [2.75, 3.05) is 20.2 Å². The zero-order valence-corrected chi connectivity index (χ0v) is 12.4. The van der Waals surface area contributed by atoms with Crippen LogP contribution < -0.4 is 15.8 Å². The largest absolute Gasteiger partial charge is 0.495 e. The quantitative estimate of drug-likeness (QED) is 0.813. The lowest BCUT2D eigenvalue weighted by Crippen LogP contribution is -2.27. The molecule has 0 atom stereocenters. The van der Waals surface area contributed by atoms with Gasteiger partial charge in [-0.1, -0.05) is 31.1 Å². The zero-order chi connectivity index (χ0) is 15.1. The molecule has 1 saturated carbocycles. The fourth-order valence-corrected chi connectivity index (χ4v) is 2.37. The van der Waals surface area contributed by atoms with Crippen LogP contribution in [0.3, 0.4) is 0 Å². The summed E-state index contributed by atoms with van der Waals surface area (Å²) in [7, 11) is 1.58. The van der Waals surface area contributed by atoms with Gasteiger partial charge in [0.15, 0.2) is 0 Å². The second-order valence-electron chi connectivity index (χ2n) is 5.26. The van der Waals surface area contributed by atoms with Gasteiger partial charge in [-0.2, -0.15) is 0 Å². The standard InChI is InChI=1S/C17H22N2O2/c1-21-16-8-7-15(12-14(16)6-3-10-18)17(20)19-11-9-13-4-2-5-13/h7-8,12-13H,2,4-5,9-11,18H2,1H3,(H,19,20). The van der Waals surface area contributed by atoms with Gasteiger partial charge in [0, 0.05) is 12.1 Å². The zero-order valence-electron chi connectivity index (χ0n) is 12.4. The highest BCUT2D eigenvalue weighted by Crippen LogP contribution is 2.28. The van der Waals surface area contributed by atoms with Crippen LogP contribution in [-0.4, -0.2) is 26.1 Å². The van der Waals surface area contributed by atoms with E-state index >= 15 is 0 Å². The Morgan fingerprint density at radius 2 is 2.29 bits per heavy atom. The molecule has 0 unspecified atom stereocenters. The highest BCUT2D eigenvalue weighted by Gasteiger charge is 2.17. The molecule has 0 radical (unpaired) electrons. The molecule has 0 aliphatic heterocycles.